The van der Waals surface area contributed by atoms with Gasteiger partial charge in [-0.2, -0.15) is 0 Å². The molecule has 2 aromatic heterocycles. The lowest BCUT2D eigenvalue weighted by molar-refractivity contribution is 0.174. The van der Waals surface area contributed by atoms with Crippen molar-refractivity contribution < 1.29 is 9.47 Å². The Kier molecular flexibility index (Phi) is 5.01. The zero-order valence-corrected chi connectivity index (χ0v) is 16.2. The first kappa shape index (κ1) is 17.8. The fourth-order valence-electron chi connectivity index (χ4n) is 2.92. The Labute approximate surface area is 166 Å². The molecule has 0 aliphatic carbocycles. The van der Waals surface area contributed by atoms with Gasteiger partial charge < -0.3 is 19.4 Å². The molecule has 0 bridgehead atoms. The van der Waals surface area contributed by atoms with Gasteiger partial charge in [-0.25, -0.2) is 9.97 Å². The summed E-state index contributed by atoms with van der Waals surface area (Å²) in [5, 5.41) is 4.52. The van der Waals surface area contributed by atoms with Gasteiger partial charge in [-0.05, 0) is 30.3 Å². The van der Waals surface area contributed by atoms with Gasteiger partial charge >= 0.3 is 0 Å². The Hall–Kier alpha value is -2.56. The number of fused-ring (bicyclic) bond motifs is 2. The number of imidazole rings is 1. The lowest BCUT2D eigenvalue weighted by Crippen LogP contribution is -2.00. The van der Waals surface area contributed by atoms with Gasteiger partial charge in [0.25, 0.3) is 0 Å². The lowest BCUT2D eigenvalue weighted by atomic mass is 10.3. The maximum absolute atomic E-state index is 6.45. The largest absolute Gasteiger partial charge is 0.454 e. The van der Waals surface area contributed by atoms with Crippen LogP contribution in [0.5, 0.6) is 11.5 Å². The molecule has 1 aliphatic heterocycles. The van der Waals surface area contributed by atoms with E-state index in [2.05, 4.69) is 20.8 Å². The Bertz CT molecular complexity index is 1040. The van der Waals surface area contributed by atoms with Crippen LogP contribution in [-0.2, 0) is 6.54 Å². The third-order valence-electron chi connectivity index (χ3n) is 4.20. The summed E-state index contributed by atoms with van der Waals surface area (Å²) in [6, 6.07) is 5.63. The van der Waals surface area contributed by atoms with Crippen LogP contribution in [-0.4, -0.2) is 28.4 Å². The first-order valence-electron chi connectivity index (χ1n) is 8.44. The molecule has 0 fully saturated rings. The van der Waals surface area contributed by atoms with Crippen LogP contribution >= 0.6 is 23.4 Å². The second-order valence-electron chi connectivity index (χ2n) is 5.87. The molecule has 0 atom stereocenters. The average molecular weight is 401 g/mol. The molecule has 1 N–H and O–H groups in total. The second kappa shape index (κ2) is 7.59. The number of unbranched alkanes of at least 4 members (excludes halogenated alkanes) is 1. The first-order valence-corrected chi connectivity index (χ1v) is 9.64. The molecule has 0 saturated carbocycles. The fourth-order valence-corrected chi connectivity index (χ4v) is 4.15. The van der Waals surface area contributed by atoms with Gasteiger partial charge in [0, 0.05) is 37.2 Å². The summed E-state index contributed by atoms with van der Waals surface area (Å²) in [5.74, 6) is 4.78. The number of aromatic nitrogens is 3. The molecule has 138 valence electrons. The number of aryl methyl sites for hydroxylation is 1. The Morgan fingerprint density at radius 3 is 2.96 bits per heavy atom. The molecular weight excluding hydrogens is 384 g/mol. The number of ether oxygens (including phenoxy) is 2. The lowest BCUT2D eigenvalue weighted by Gasteiger charge is -2.09. The zero-order chi connectivity index (χ0) is 18.8. The van der Waals surface area contributed by atoms with E-state index < -0.39 is 0 Å². The highest BCUT2D eigenvalue weighted by Crippen LogP contribution is 2.43. The molecule has 6 nitrogen and oxygen atoms in total. The van der Waals surface area contributed by atoms with E-state index in [4.69, 9.17) is 32.5 Å². The standard InChI is InChI=1S/C19H17ClN4O2S/c1-3-4-5-8-24-13-6-7-22-18(21-2)17(13)23-19(24)27-16-10-15-14(9-12(16)20)25-11-26-15/h1,6-7,9-10H,4-5,8,11H2,2H3,(H,21,22). The predicted molar refractivity (Wildman–Crippen MR) is 107 cm³/mol. The quantitative estimate of drug-likeness (QED) is 0.488. The normalized spacial score (nSPS) is 12.3. The van der Waals surface area contributed by atoms with Crippen LogP contribution in [0.4, 0.5) is 5.82 Å². The molecule has 0 spiro atoms. The number of benzene rings is 1. The van der Waals surface area contributed by atoms with E-state index in [-0.39, 0.29) is 6.79 Å². The molecule has 0 amide bonds. The molecule has 4 rings (SSSR count). The minimum absolute atomic E-state index is 0.210. The highest BCUT2D eigenvalue weighted by molar-refractivity contribution is 7.99. The SMILES string of the molecule is C#CCCCn1c(Sc2cc3c(cc2Cl)OCO3)nc2c(NC)nccc21. The highest BCUT2D eigenvalue weighted by atomic mass is 35.5. The fraction of sp³-hybridized carbons (Fsp3) is 0.263. The van der Waals surface area contributed by atoms with E-state index in [1.54, 1.807) is 12.3 Å². The summed E-state index contributed by atoms with van der Waals surface area (Å²) in [5.41, 5.74) is 1.82. The summed E-state index contributed by atoms with van der Waals surface area (Å²) >= 11 is 7.94. The van der Waals surface area contributed by atoms with Crippen LogP contribution in [0, 0.1) is 12.3 Å². The van der Waals surface area contributed by atoms with Crippen molar-refractivity contribution in [2.45, 2.75) is 29.4 Å². The molecule has 1 aromatic carbocycles. The number of terminal acetylenes is 1. The number of pyridine rings is 1. The van der Waals surface area contributed by atoms with E-state index >= 15 is 0 Å². The molecule has 0 unspecified atom stereocenters. The van der Waals surface area contributed by atoms with E-state index in [9.17, 15) is 0 Å². The van der Waals surface area contributed by atoms with E-state index in [1.807, 2.05) is 19.2 Å². The minimum Gasteiger partial charge on any atom is -0.454 e. The zero-order valence-electron chi connectivity index (χ0n) is 14.7. The van der Waals surface area contributed by atoms with Crippen molar-refractivity contribution in [1.82, 2.24) is 14.5 Å². The Balaban J connectivity index is 1.76. The number of halogens is 1. The van der Waals surface area contributed by atoms with Crippen molar-refractivity contribution in [2.75, 3.05) is 19.2 Å². The van der Waals surface area contributed by atoms with Gasteiger partial charge in [-0.3, -0.25) is 0 Å². The Morgan fingerprint density at radius 1 is 1.37 bits per heavy atom. The van der Waals surface area contributed by atoms with E-state index in [1.165, 1.54) is 11.8 Å². The van der Waals surface area contributed by atoms with Crippen molar-refractivity contribution in [3.8, 4) is 23.8 Å². The third-order valence-corrected chi connectivity index (χ3v) is 5.68. The van der Waals surface area contributed by atoms with Crippen LogP contribution in [0.3, 0.4) is 0 Å². The van der Waals surface area contributed by atoms with Crippen LogP contribution in [0.2, 0.25) is 5.02 Å². The van der Waals surface area contributed by atoms with Gasteiger partial charge in [0.1, 0.15) is 5.52 Å². The minimum atomic E-state index is 0.210. The molecule has 1 aliphatic rings. The van der Waals surface area contributed by atoms with Gasteiger partial charge in [-0.1, -0.05) is 11.6 Å². The first-order chi connectivity index (χ1) is 13.2. The summed E-state index contributed by atoms with van der Waals surface area (Å²) in [4.78, 5) is 10.0. The Morgan fingerprint density at radius 2 is 2.19 bits per heavy atom. The molecular formula is C19H17ClN4O2S. The van der Waals surface area contributed by atoms with Crippen LogP contribution in [0.15, 0.2) is 34.4 Å². The number of hydrogen-bond donors (Lipinski definition) is 1. The smallest absolute Gasteiger partial charge is 0.231 e. The van der Waals surface area contributed by atoms with Crippen molar-refractivity contribution in [3.05, 3.63) is 29.4 Å². The molecule has 0 saturated heterocycles. The molecule has 3 aromatic rings. The topological polar surface area (TPSA) is 61.2 Å². The highest BCUT2D eigenvalue weighted by Gasteiger charge is 2.20. The van der Waals surface area contributed by atoms with Crippen molar-refractivity contribution in [3.63, 3.8) is 0 Å². The third kappa shape index (κ3) is 3.38. The number of nitrogens with one attached hydrogen (secondary N) is 1. The summed E-state index contributed by atoms with van der Waals surface area (Å²) in [7, 11) is 1.83. The molecule has 27 heavy (non-hydrogen) atoms. The predicted octanol–water partition coefficient (Wildman–Crippen LogP) is 4.42. The monoisotopic (exact) mass is 400 g/mol. The summed E-state index contributed by atoms with van der Waals surface area (Å²) < 4.78 is 13.0. The molecule has 8 heteroatoms. The molecule has 3 heterocycles. The van der Waals surface area contributed by atoms with Crippen LogP contribution in [0.1, 0.15) is 12.8 Å². The average Bonchev–Trinajstić information content (AvgIpc) is 3.26. The summed E-state index contributed by atoms with van der Waals surface area (Å²) in [6.45, 7) is 0.972. The molecule has 0 radical (unpaired) electrons. The maximum Gasteiger partial charge on any atom is 0.231 e. The number of hydrogen-bond acceptors (Lipinski definition) is 6. The van der Waals surface area contributed by atoms with Gasteiger partial charge in [0.2, 0.25) is 6.79 Å². The van der Waals surface area contributed by atoms with Crippen molar-refractivity contribution >= 4 is 40.2 Å². The van der Waals surface area contributed by atoms with Crippen LogP contribution < -0.4 is 14.8 Å². The van der Waals surface area contributed by atoms with Gasteiger partial charge in [0.15, 0.2) is 22.5 Å². The van der Waals surface area contributed by atoms with Gasteiger partial charge in [-0.15, -0.1) is 12.3 Å². The van der Waals surface area contributed by atoms with Crippen molar-refractivity contribution in [1.29, 1.82) is 0 Å². The van der Waals surface area contributed by atoms with E-state index in [0.29, 0.717) is 22.9 Å². The summed E-state index contributed by atoms with van der Waals surface area (Å²) in [6.07, 6.45) is 8.76. The number of rotatable bonds is 6. The number of anilines is 1. The van der Waals surface area contributed by atoms with Crippen LogP contribution in [0.25, 0.3) is 11.0 Å². The maximum atomic E-state index is 6.45. The van der Waals surface area contributed by atoms with E-state index in [0.717, 1.165) is 39.9 Å². The van der Waals surface area contributed by atoms with Gasteiger partial charge in [0.05, 0.1) is 10.5 Å². The second-order valence-corrected chi connectivity index (χ2v) is 7.29. The van der Waals surface area contributed by atoms with Crippen molar-refractivity contribution in [2.24, 2.45) is 0 Å². The number of nitrogens with zero attached hydrogens (tertiary/aromatic N) is 3.